The first-order valence-electron chi connectivity index (χ1n) is 6.05. The third-order valence-electron chi connectivity index (χ3n) is 2.93. The van der Waals surface area contributed by atoms with Gasteiger partial charge in [0.2, 0.25) is 0 Å². The molecule has 3 heteroatoms. The normalized spacial score (nSPS) is 27.6. The van der Waals surface area contributed by atoms with Crippen LogP contribution in [0, 0.1) is 0 Å². The van der Waals surface area contributed by atoms with Crippen LogP contribution in [-0.4, -0.2) is 36.0 Å². The Morgan fingerprint density at radius 2 is 2.27 bits per heavy atom. The molecule has 90 valence electrons. The smallest absolute Gasteiger partial charge is 0.0641 e. The van der Waals surface area contributed by atoms with E-state index in [1.54, 1.807) is 0 Å². The number of aliphatic hydroxyl groups is 1. The minimum Gasteiger partial charge on any atom is -0.393 e. The quantitative estimate of drug-likeness (QED) is 0.686. The zero-order chi connectivity index (χ0) is 11.3. The molecule has 0 spiro atoms. The fourth-order valence-electron chi connectivity index (χ4n) is 2.11. The molecule has 0 aliphatic carbocycles. The first kappa shape index (κ1) is 12.9. The van der Waals surface area contributed by atoms with E-state index in [4.69, 9.17) is 9.84 Å². The Morgan fingerprint density at radius 1 is 1.53 bits per heavy atom. The van der Waals surface area contributed by atoms with E-state index in [-0.39, 0.29) is 11.7 Å². The minimum atomic E-state index is -0.169. The summed E-state index contributed by atoms with van der Waals surface area (Å²) in [4.78, 5) is 0. The van der Waals surface area contributed by atoms with Crippen molar-refractivity contribution in [1.82, 2.24) is 5.32 Å². The molecule has 1 fully saturated rings. The summed E-state index contributed by atoms with van der Waals surface area (Å²) >= 11 is 0. The predicted octanol–water partition coefficient (Wildman–Crippen LogP) is 1.69. The maximum atomic E-state index is 9.12. The maximum Gasteiger partial charge on any atom is 0.0641 e. The van der Waals surface area contributed by atoms with Crippen molar-refractivity contribution in [3.8, 4) is 0 Å². The van der Waals surface area contributed by atoms with Gasteiger partial charge in [0.05, 0.1) is 11.7 Å². The Bertz CT molecular complexity index is 180. The summed E-state index contributed by atoms with van der Waals surface area (Å²) in [5, 5.41) is 12.7. The van der Waals surface area contributed by atoms with E-state index in [9.17, 15) is 0 Å². The third-order valence-corrected chi connectivity index (χ3v) is 2.93. The van der Waals surface area contributed by atoms with Crippen LogP contribution in [0.2, 0.25) is 0 Å². The highest BCUT2D eigenvalue weighted by Crippen LogP contribution is 2.23. The largest absolute Gasteiger partial charge is 0.393 e. The number of rotatable bonds is 5. The Morgan fingerprint density at radius 3 is 2.87 bits per heavy atom. The molecule has 15 heavy (non-hydrogen) atoms. The standard InChI is InChI=1S/C12H25NO2/c1-10(14)5-4-7-13-11-6-8-15-12(2,3)9-11/h10-11,13-14H,4-9H2,1-3H3. The molecule has 0 bridgehead atoms. The lowest BCUT2D eigenvalue weighted by atomic mass is 9.94. The summed E-state index contributed by atoms with van der Waals surface area (Å²) in [6.07, 6.45) is 3.97. The summed E-state index contributed by atoms with van der Waals surface area (Å²) in [7, 11) is 0. The second-order valence-electron chi connectivity index (χ2n) is 5.24. The molecule has 1 heterocycles. The number of hydrogen-bond acceptors (Lipinski definition) is 3. The molecule has 1 saturated heterocycles. The van der Waals surface area contributed by atoms with Gasteiger partial charge < -0.3 is 15.2 Å². The molecule has 0 saturated carbocycles. The van der Waals surface area contributed by atoms with Crippen LogP contribution in [0.4, 0.5) is 0 Å². The van der Waals surface area contributed by atoms with Gasteiger partial charge in [-0.3, -0.25) is 0 Å². The van der Waals surface area contributed by atoms with E-state index < -0.39 is 0 Å². The summed E-state index contributed by atoms with van der Waals surface area (Å²) < 4.78 is 5.66. The molecule has 1 rings (SSSR count). The molecule has 1 aliphatic heterocycles. The first-order valence-corrected chi connectivity index (χ1v) is 6.05. The van der Waals surface area contributed by atoms with Gasteiger partial charge in [0.25, 0.3) is 0 Å². The van der Waals surface area contributed by atoms with Crippen LogP contribution in [0.15, 0.2) is 0 Å². The van der Waals surface area contributed by atoms with Gasteiger partial charge in [-0.2, -0.15) is 0 Å². The molecular weight excluding hydrogens is 190 g/mol. The molecule has 0 aromatic rings. The van der Waals surface area contributed by atoms with E-state index >= 15 is 0 Å². The number of hydrogen-bond donors (Lipinski definition) is 2. The van der Waals surface area contributed by atoms with Crippen molar-refractivity contribution in [2.75, 3.05) is 13.2 Å². The first-order chi connectivity index (χ1) is 6.99. The summed E-state index contributed by atoms with van der Waals surface area (Å²) in [5.74, 6) is 0. The second-order valence-corrected chi connectivity index (χ2v) is 5.24. The van der Waals surface area contributed by atoms with E-state index in [2.05, 4.69) is 19.2 Å². The van der Waals surface area contributed by atoms with Crippen molar-refractivity contribution in [1.29, 1.82) is 0 Å². The minimum absolute atomic E-state index is 0.0280. The lowest BCUT2D eigenvalue weighted by Gasteiger charge is -2.36. The number of aliphatic hydroxyl groups excluding tert-OH is 1. The van der Waals surface area contributed by atoms with Gasteiger partial charge >= 0.3 is 0 Å². The monoisotopic (exact) mass is 215 g/mol. The van der Waals surface area contributed by atoms with Crippen LogP contribution in [0.3, 0.4) is 0 Å². The van der Waals surface area contributed by atoms with Crippen LogP contribution in [-0.2, 0) is 4.74 Å². The molecule has 0 aromatic carbocycles. The topological polar surface area (TPSA) is 41.5 Å². The SMILES string of the molecule is CC(O)CCCNC1CCOC(C)(C)C1. The summed E-state index contributed by atoms with van der Waals surface area (Å²) in [6.45, 7) is 8.01. The molecule has 2 N–H and O–H groups in total. The second kappa shape index (κ2) is 5.83. The molecule has 0 amide bonds. The van der Waals surface area contributed by atoms with Gasteiger partial charge in [-0.05, 0) is 53.0 Å². The van der Waals surface area contributed by atoms with E-state index in [1.165, 1.54) is 0 Å². The zero-order valence-corrected chi connectivity index (χ0v) is 10.3. The highest BCUT2D eigenvalue weighted by molar-refractivity contribution is 4.82. The molecule has 2 unspecified atom stereocenters. The lowest BCUT2D eigenvalue weighted by molar-refractivity contribution is -0.0628. The third kappa shape index (κ3) is 5.50. The van der Waals surface area contributed by atoms with Crippen molar-refractivity contribution in [3.63, 3.8) is 0 Å². The Labute approximate surface area is 93.2 Å². The van der Waals surface area contributed by atoms with Crippen LogP contribution >= 0.6 is 0 Å². The Balaban J connectivity index is 2.11. The van der Waals surface area contributed by atoms with Gasteiger partial charge in [0, 0.05) is 12.6 Å². The zero-order valence-electron chi connectivity index (χ0n) is 10.3. The molecule has 0 aromatic heterocycles. The van der Waals surface area contributed by atoms with Crippen LogP contribution in [0.25, 0.3) is 0 Å². The predicted molar refractivity (Wildman–Crippen MR) is 62.0 cm³/mol. The highest BCUT2D eigenvalue weighted by atomic mass is 16.5. The van der Waals surface area contributed by atoms with E-state index in [0.717, 1.165) is 38.8 Å². The van der Waals surface area contributed by atoms with Crippen LogP contribution in [0.5, 0.6) is 0 Å². The summed E-state index contributed by atoms with van der Waals surface area (Å²) in [6, 6.07) is 0.586. The van der Waals surface area contributed by atoms with E-state index in [1.807, 2.05) is 6.92 Å². The van der Waals surface area contributed by atoms with Gasteiger partial charge in [-0.25, -0.2) is 0 Å². The van der Waals surface area contributed by atoms with Crippen LogP contribution in [0.1, 0.15) is 46.5 Å². The lowest BCUT2D eigenvalue weighted by Crippen LogP contribution is -2.44. The van der Waals surface area contributed by atoms with Crippen molar-refractivity contribution in [2.24, 2.45) is 0 Å². The van der Waals surface area contributed by atoms with Gasteiger partial charge in [0.15, 0.2) is 0 Å². The fraction of sp³-hybridized carbons (Fsp3) is 1.00. The van der Waals surface area contributed by atoms with E-state index in [0.29, 0.717) is 6.04 Å². The average molecular weight is 215 g/mol. The Kier molecular flexibility index (Phi) is 5.03. The van der Waals surface area contributed by atoms with Crippen molar-refractivity contribution in [2.45, 2.75) is 64.2 Å². The number of nitrogens with one attached hydrogen (secondary N) is 1. The Hall–Kier alpha value is -0.120. The highest BCUT2D eigenvalue weighted by Gasteiger charge is 2.28. The van der Waals surface area contributed by atoms with Gasteiger partial charge in [0.1, 0.15) is 0 Å². The summed E-state index contributed by atoms with van der Waals surface area (Å²) in [5.41, 5.74) is 0.0280. The molecule has 2 atom stereocenters. The molecule has 0 radical (unpaired) electrons. The molecular formula is C12H25NO2. The van der Waals surface area contributed by atoms with Gasteiger partial charge in [-0.15, -0.1) is 0 Å². The van der Waals surface area contributed by atoms with Crippen molar-refractivity contribution >= 4 is 0 Å². The van der Waals surface area contributed by atoms with Crippen molar-refractivity contribution < 1.29 is 9.84 Å². The number of ether oxygens (including phenoxy) is 1. The maximum absolute atomic E-state index is 9.12. The van der Waals surface area contributed by atoms with Gasteiger partial charge in [-0.1, -0.05) is 0 Å². The van der Waals surface area contributed by atoms with Crippen molar-refractivity contribution in [3.05, 3.63) is 0 Å². The average Bonchev–Trinajstić information content (AvgIpc) is 2.10. The molecule has 1 aliphatic rings. The molecule has 3 nitrogen and oxygen atoms in total. The fourth-order valence-corrected chi connectivity index (χ4v) is 2.11. The van der Waals surface area contributed by atoms with Crippen LogP contribution < -0.4 is 5.32 Å².